The minimum atomic E-state index is -0.0206. The fraction of sp³-hybridized carbons (Fsp3) is 0.444. The molecule has 1 aromatic heterocycles. The number of amides is 2. The largest absolute Gasteiger partial charge is 0.444 e. The molecule has 2 amide bonds. The van der Waals surface area contributed by atoms with Gasteiger partial charge in [0.25, 0.3) is 0 Å². The maximum atomic E-state index is 12.5. The smallest absolute Gasteiger partial charge is 0.322 e. The lowest BCUT2D eigenvalue weighted by molar-refractivity contribution is 0.205. The van der Waals surface area contributed by atoms with Gasteiger partial charge in [-0.05, 0) is 50.8 Å². The Morgan fingerprint density at radius 2 is 2.30 bits per heavy atom. The van der Waals surface area contributed by atoms with Crippen LogP contribution in [-0.2, 0) is 0 Å². The maximum absolute atomic E-state index is 12.5. The molecule has 1 aliphatic heterocycles. The van der Waals surface area contributed by atoms with Gasteiger partial charge in [-0.2, -0.15) is 0 Å². The van der Waals surface area contributed by atoms with E-state index in [4.69, 9.17) is 4.42 Å². The minimum Gasteiger partial charge on any atom is -0.444 e. The molecular formula is C18H25N3O2. The molecule has 23 heavy (non-hydrogen) atoms. The standard InChI is InChI=1S/C18H23N3O2.H2/c1-4-15-6-5-9-21(15)18(22)20-14-8-7-12(2)16(10-14)17-19-13(3)11-23-17;/h7-8,10-11,15H,4-6,9H2,1-3H3,(H,20,22);1H/t15-;/m0./s1. The number of hydrogen-bond donors (Lipinski definition) is 1. The van der Waals surface area contributed by atoms with Crippen LogP contribution in [0.1, 0.15) is 38.9 Å². The van der Waals surface area contributed by atoms with Gasteiger partial charge in [0.2, 0.25) is 5.89 Å². The predicted molar refractivity (Wildman–Crippen MR) is 92.6 cm³/mol. The van der Waals surface area contributed by atoms with Crippen molar-refractivity contribution in [2.75, 3.05) is 11.9 Å². The highest BCUT2D eigenvalue weighted by molar-refractivity contribution is 5.90. The van der Waals surface area contributed by atoms with Gasteiger partial charge in [-0.25, -0.2) is 9.78 Å². The molecule has 1 atom stereocenters. The second-order valence-electron chi connectivity index (χ2n) is 6.15. The first-order valence-corrected chi connectivity index (χ1v) is 8.19. The summed E-state index contributed by atoms with van der Waals surface area (Å²) >= 11 is 0. The lowest BCUT2D eigenvalue weighted by atomic mass is 10.1. The van der Waals surface area contributed by atoms with E-state index in [2.05, 4.69) is 17.2 Å². The van der Waals surface area contributed by atoms with Crippen molar-refractivity contribution >= 4 is 11.7 Å². The molecule has 0 spiro atoms. The molecule has 0 bridgehead atoms. The average Bonchev–Trinajstić information content (AvgIpc) is 3.17. The summed E-state index contributed by atoms with van der Waals surface area (Å²) in [6, 6.07) is 6.16. The Balaban J connectivity index is 0.00000208. The third kappa shape index (κ3) is 3.23. The van der Waals surface area contributed by atoms with Gasteiger partial charge in [0.05, 0.1) is 5.69 Å². The molecule has 0 saturated carbocycles. The van der Waals surface area contributed by atoms with E-state index in [9.17, 15) is 4.79 Å². The fourth-order valence-corrected chi connectivity index (χ4v) is 3.13. The summed E-state index contributed by atoms with van der Waals surface area (Å²) in [5.41, 5.74) is 3.59. The van der Waals surface area contributed by atoms with Crippen LogP contribution in [0.4, 0.5) is 10.5 Å². The van der Waals surface area contributed by atoms with E-state index >= 15 is 0 Å². The summed E-state index contributed by atoms with van der Waals surface area (Å²) in [4.78, 5) is 18.8. The molecule has 0 unspecified atom stereocenters. The molecular weight excluding hydrogens is 290 g/mol. The Morgan fingerprint density at radius 3 is 3.00 bits per heavy atom. The molecule has 1 N–H and O–H groups in total. The minimum absolute atomic E-state index is 0. The van der Waals surface area contributed by atoms with Gasteiger partial charge in [0.15, 0.2) is 0 Å². The van der Waals surface area contributed by atoms with E-state index in [0.29, 0.717) is 11.9 Å². The number of carbonyl (C=O) groups is 1. The number of nitrogens with one attached hydrogen (secondary N) is 1. The molecule has 1 aliphatic rings. The number of oxazole rings is 1. The van der Waals surface area contributed by atoms with E-state index in [1.165, 1.54) is 0 Å². The molecule has 2 aromatic rings. The number of aromatic nitrogens is 1. The molecule has 1 fully saturated rings. The number of nitrogens with zero attached hydrogens (tertiary/aromatic N) is 2. The monoisotopic (exact) mass is 315 g/mol. The number of aryl methyl sites for hydroxylation is 2. The van der Waals surface area contributed by atoms with Crippen LogP contribution in [0.15, 0.2) is 28.9 Å². The van der Waals surface area contributed by atoms with Gasteiger partial charge in [0.1, 0.15) is 6.26 Å². The predicted octanol–water partition coefficient (Wildman–Crippen LogP) is 4.61. The van der Waals surface area contributed by atoms with Crippen molar-refractivity contribution < 1.29 is 10.6 Å². The first-order chi connectivity index (χ1) is 11.1. The number of urea groups is 1. The summed E-state index contributed by atoms with van der Waals surface area (Å²) in [6.07, 6.45) is 4.82. The zero-order valence-corrected chi connectivity index (χ0v) is 13.9. The molecule has 0 aliphatic carbocycles. The highest BCUT2D eigenvalue weighted by atomic mass is 16.3. The second-order valence-corrected chi connectivity index (χ2v) is 6.15. The van der Waals surface area contributed by atoms with Crippen molar-refractivity contribution in [2.45, 2.75) is 46.1 Å². The van der Waals surface area contributed by atoms with Crippen LogP contribution in [0.5, 0.6) is 0 Å². The Morgan fingerprint density at radius 1 is 1.48 bits per heavy atom. The average molecular weight is 315 g/mol. The second kappa shape index (κ2) is 6.44. The molecule has 5 nitrogen and oxygen atoms in total. The third-order valence-electron chi connectivity index (χ3n) is 4.45. The van der Waals surface area contributed by atoms with Crippen molar-refractivity contribution in [1.82, 2.24) is 9.88 Å². The van der Waals surface area contributed by atoms with Crippen molar-refractivity contribution in [2.24, 2.45) is 0 Å². The molecule has 0 radical (unpaired) electrons. The topological polar surface area (TPSA) is 58.4 Å². The molecule has 2 heterocycles. The lowest BCUT2D eigenvalue weighted by Crippen LogP contribution is -2.38. The van der Waals surface area contributed by atoms with Crippen molar-refractivity contribution in [1.29, 1.82) is 0 Å². The van der Waals surface area contributed by atoms with E-state index in [-0.39, 0.29) is 7.46 Å². The van der Waals surface area contributed by atoms with Crippen LogP contribution in [0, 0.1) is 13.8 Å². The number of anilines is 1. The van der Waals surface area contributed by atoms with Crippen LogP contribution in [0.2, 0.25) is 0 Å². The van der Waals surface area contributed by atoms with E-state index in [1.807, 2.05) is 36.9 Å². The number of benzene rings is 1. The maximum Gasteiger partial charge on any atom is 0.322 e. The Kier molecular flexibility index (Phi) is 4.37. The zero-order valence-electron chi connectivity index (χ0n) is 13.9. The van der Waals surface area contributed by atoms with Crippen LogP contribution >= 0.6 is 0 Å². The van der Waals surface area contributed by atoms with Gasteiger partial charge in [-0.3, -0.25) is 0 Å². The van der Waals surface area contributed by atoms with Gasteiger partial charge in [-0.1, -0.05) is 13.0 Å². The van der Waals surface area contributed by atoms with Crippen LogP contribution in [0.25, 0.3) is 11.5 Å². The number of carbonyl (C=O) groups excluding carboxylic acids is 1. The van der Waals surface area contributed by atoms with Crippen molar-refractivity contribution in [3.63, 3.8) is 0 Å². The Hall–Kier alpha value is -2.30. The van der Waals surface area contributed by atoms with Gasteiger partial charge < -0.3 is 14.6 Å². The SMILES string of the molecule is CC[C@H]1CCCN1C(=O)Nc1ccc(C)c(-c2nc(C)co2)c1.[HH]. The van der Waals surface area contributed by atoms with Crippen molar-refractivity contribution in [3.8, 4) is 11.5 Å². The normalized spacial score (nSPS) is 17.5. The summed E-state index contributed by atoms with van der Waals surface area (Å²) in [7, 11) is 0. The molecule has 1 saturated heterocycles. The van der Waals surface area contributed by atoms with Crippen molar-refractivity contribution in [3.05, 3.63) is 35.7 Å². The Labute approximate surface area is 138 Å². The van der Waals surface area contributed by atoms with Gasteiger partial charge in [0, 0.05) is 25.3 Å². The molecule has 124 valence electrons. The highest BCUT2D eigenvalue weighted by Gasteiger charge is 2.27. The molecule has 5 heteroatoms. The van der Waals surface area contributed by atoms with E-state index in [1.54, 1.807) is 6.26 Å². The van der Waals surface area contributed by atoms with Gasteiger partial charge in [-0.15, -0.1) is 0 Å². The summed E-state index contributed by atoms with van der Waals surface area (Å²) in [5.74, 6) is 0.587. The van der Waals surface area contributed by atoms with Crippen LogP contribution < -0.4 is 5.32 Å². The summed E-state index contributed by atoms with van der Waals surface area (Å²) in [6.45, 7) is 6.87. The van der Waals surface area contributed by atoms with Gasteiger partial charge >= 0.3 is 6.03 Å². The molecule has 1 aromatic carbocycles. The quantitative estimate of drug-likeness (QED) is 0.899. The first kappa shape index (κ1) is 15.6. The summed E-state index contributed by atoms with van der Waals surface area (Å²) < 4.78 is 5.49. The number of rotatable bonds is 3. The highest BCUT2D eigenvalue weighted by Crippen LogP contribution is 2.27. The Bertz CT molecular complexity index is 714. The van der Waals surface area contributed by atoms with Crippen LogP contribution in [-0.4, -0.2) is 28.5 Å². The fourth-order valence-electron chi connectivity index (χ4n) is 3.13. The van der Waals surface area contributed by atoms with E-state index in [0.717, 1.165) is 48.3 Å². The number of likely N-dealkylation sites (tertiary alicyclic amines) is 1. The first-order valence-electron chi connectivity index (χ1n) is 8.19. The lowest BCUT2D eigenvalue weighted by Gasteiger charge is -2.24. The number of hydrogen-bond acceptors (Lipinski definition) is 3. The zero-order chi connectivity index (χ0) is 16.4. The van der Waals surface area contributed by atoms with Crippen LogP contribution in [0.3, 0.4) is 0 Å². The summed E-state index contributed by atoms with van der Waals surface area (Å²) in [5, 5.41) is 3.01. The third-order valence-corrected chi connectivity index (χ3v) is 4.45. The van der Waals surface area contributed by atoms with E-state index < -0.39 is 0 Å². The molecule has 3 rings (SSSR count).